The minimum absolute atomic E-state index is 0.198. The summed E-state index contributed by atoms with van der Waals surface area (Å²) < 4.78 is 12.7. The number of nitrogens with one attached hydrogen (secondary N) is 2. The molecule has 0 atom stereocenters. The van der Waals surface area contributed by atoms with E-state index in [1.54, 1.807) is 34.5 Å². The summed E-state index contributed by atoms with van der Waals surface area (Å²) in [6, 6.07) is 5.10. The molecule has 4 rings (SSSR count). The van der Waals surface area contributed by atoms with E-state index in [1.807, 2.05) is 6.92 Å². The number of aryl methyl sites for hydroxylation is 2. The molecule has 0 radical (unpaired) electrons. The number of hydrogen-bond donors (Lipinski definition) is 2. The summed E-state index contributed by atoms with van der Waals surface area (Å²) in [5.41, 5.74) is 1.97. The Hall–Kier alpha value is -3.40. The summed E-state index contributed by atoms with van der Waals surface area (Å²) in [7, 11) is 0. The first-order valence-corrected chi connectivity index (χ1v) is 10.9. The van der Waals surface area contributed by atoms with E-state index in [-0.39, 0.29) is 11.6 Å². The Kier molecular flexibility index (Phi) is 6.40. The number of hydrogen-bond acceptors (Lipinski definition) is 6. The highest BCUT2D eigenvalue weighted by Gasteiger charge is 2.20. The number of imidazole rings is 1. The number of anilines is 1. The molecular formula is C22H28N6O4. The van der Waals surface area contributed by atoms with E-state index in [1.165, 1.54) is 0 Å². The molecule has 3 heterocycles. The summed E-state index contributed by atoms with van der Waals surface area (Å²) in [6.07, 6.45) is 1.59. The summed E-state index contributed by atoms with van der Waals surface area (Å²) in [6.45, 7) is 8.33. The maximum atomic E-state index is 12.9. The molecule has 2 amide bonds. The molecule has 1 aromatic carbocycles. The molecule has 170 valence electrons. The van der Waals surface area contributed by atoms with Gasteiger partial charge < -0.3 is 24.7 Å². The SMILES string of the molecule is CCCc1nc(C)c2c(=O)[nH]c(-c3cc(NC(=O)N4CCOCC4)ccc3OCC)nn12. The standard InChI is InChI=1S/C22H28N6O4/c1-4-6-18-23-14(3)19-21(29)25-20(26-28(18)19)16-13-15(7-8-17(16)32-5-2)24-22(30)27-9-11-31-12-10-27/h7-8,13H,4-6,9-12H2,1-3H3,(H,24,30)(H,25,26,29). The van der Waals surface area contributed by atoms with Gasteiger partial charge in [-0.25, -0.2) is 14.3 Å². The van der Waals surface area contributed by atoms with Crippen LogP contribution in [0.3, 0.4) is 0 Å². The second-order valence-corrected chi connectivity index (χ2v) is 7.60. The number of aromatic nitrogens is 4. The number of rotatable bonds is 6. The van der Waals surface area contributed by atoms with E-state index >= 15 is 0 Å². The lowest BCUT2D eigenvalue weighted by molar-refractivity contribution is 0.0564. The first-order chi connectivity index (χ1) is 15.5. The number of H-pyrrole nitrogens is 1. The van der Waals surface area contributed by atoms with Crippen LogP contribution < -0.4 is 15.6 Å². The molecule has 1 aliphatic heterocycles. The van der Waals surface area contributed by atoms with Crippen molar-refractivity contribution in [3.63, 3.8) is 0 Å². The molecular weight excluding hydrogens is 412 g/mol. The van der Waals surface area contributed by atoms with Crippen LogP contribution in [-0.4, -0.2) is 63.4 Å². The van der Waals surface area contributed by atoms with Gasteiger partial charge in [-0.05, 0) is 38.5 Å². The zero-order valence-electron chi connectivity index (χ0n) is 18.6. The number of fused-ring (bicyclic) bond motifs is 1. The van der Waals surface area contributed by atoms with E-state index in [4.69, 9.17) is 9.47 Å². The maximum absolute atomic E-state index is 12.9. The van der Waals surface area contributed by atoms with Gasteiger partial charge in [0.15, 0.2) is 11.3 Å². The van der Waals surface area contributed by atoms with Gasteiger partial charge in [0.05, 0.1) is 31.1 Å². The van der Waals surface area contributed by atoms with Crippen molar-refractivity contribution in [1.82, 2.24) is 24.5 Å². The lowest BCUT2D eigenvalue weighted by Crippen LogP contribution is -2.43. The Morgan fingerprint density at radius 3 is 2.78 bits per heavy atom. The summed E-state index contributed by atoms with van der Waals surface area (Å²) in [5, 5.41) is 7.59. The second-order valence-electron chi connectivity index (χ2n) is 7.60. The van der Waals surface area contributed by atoms with Gasteiger partial charge >= 0.3 is 6.03 Å². The lowest BCUT2D eigenvalue weighted by Gasteiger charge is -2.27. The van der Waals surface area contributed by atoms with Gasteiger partial charge in [0.2, 0.25) is 0 Å². The highest BCUT2D eigenvalue weighted by molar-refractivity contribution is 5.90. The second kappa shape index (κ2) is 9.39. The van der Waals surface area contributed by atoms with Crippen LogP contribution in [-0.2, 0) is 11.2 Å². The fourth-order valence-electron chi connectivity index (χ4n) is 3.79. The fourth-order valence-corrected chi connectivity index (χ4v) is 3.79. The molecule has 3 aromatic rings. The van der Waals surface area contributed by atoms with Crippen LogP contribution >= 0.6 is 0 Å². The molecule has 1 aliphatic rings. The number of aromatic amines is 1. The Morgan fingerprint density at radius 1 is 1.28 bits per heavy atom. The molecule has 10 nitrogen and oxygen atoms in total. The van der Waals surface area contributed by atoms with Crippen LogP contribution in [0, 0.1) is 6.92 Å². The number of carbonyl (C=O) groups is 1. The van der Waals surface area contributed by atoms with Crippen molar-refractivity contribution in [2.24, 2.45) is 0 Å². The number of urea groups is 1. The average molecular weight is 441 g/mol. The minimum Gasteiger partial charge on any atom is -0.493 e. The maximum Gasteiger partial charge on any atom is 0.321 e. The van der Waals surface area contributed by atoms with Gasteiger partial charge in [-0.15, -0.1) is 5.10 Å². The number of nitrogens with zero attached hydrogens (tertiary/aromatic N) is 4. The number of morpholine rings is 1. The molecule has 2 N–H and O–H groups in total. The van der Waals surface area contributed by atoms with Crippen LogP contribution in [0.4, 0.5) is 10.5 Å². The van der Waals surface area contributed by atoms with Gasteiger partial charge in [-0.2, -0.15) is 0 Å². The topological polar surface area (TPSA) is 114 Å². The zero-order valence-corrected chi connectivity index (χ0v) is 18.6. The Labute approximate surface area is 185 Å². The number of ether oxygens (including phenoxy) is 2. The average Bonchev–Trinajstić information content (AvgIpc) is 3.11. The predicted molar refractivity (Wildman–Crippen MR) is 120 cm³/mol. The van der Waals surface area contributed by atoms with Crippen molar-refractivity contribution in [3.8, 4) is 17.1 Å². The molecule has 32 heavy (non-hydrogen) atoms. The van der Waals surface area contributed by atoms with Crippen molar-refractivity contribution in [2.45, 2.75) is 33.6 Å². The van der Waals surface area contributed by atoms with Crippen molar-refractivity contribution in [2.75, 3.05) is 38.2 Å². The quantitative estimate of drug-likeness (QED) is 0.609. The first-order valence-electron chi connectivity index (χ1n) is 10.9. The fraction of sp³-hybridized carbons (Fsp3) is 0.455. The van der Waals surface area contributed by atoms with E-state index in [9.17, 15) is 9.59 Å². The van der Waals surface area contributed by atoms with Crippen LogP contribution in [0.5, 0.6) is 5.75 Å². The Balaban J connectivity index is 1.75. The van der Waals surface area contributed by atoms with Crippen LogP contribution in [0.2, 0.25) is 0 Å². The van der Waals surface area contributed by atoms with Gasteiger partial charge in [-0.1, -0.05) is 6.92 Å². The molecule has 0 spiro atoms. The molecule has 2 aromatic heterocycles. The third-order valence-corrected chi connectivity index (χ3v) is 5.30. The molecule has 1 fully saturated rings. The van der Waals surface area contributed by atoms with Crippen molar-refractivity contribution in [1.29, 1.82) is 0 Å². The Bertz CT molecular complexity index is 1180. The predicted octanol–water partition coefficient (Wildman–Crippen LogP) is 2.61. The number of benzene rings is 1. The third kappa shape index (κ3) is 4.31. The van der Waals surface area contributed by atoms with Crippen LogP contribution in [0.25, 0.3) is 16.9 Å². The summed E-state index contributed by atoms with van der Waals surface area (Å²) >= 11 is 0. The molecule has 0 aliphatic carbocycles. The number of carbonyl (C=O) groups excluding carboxylic acids is 1. The van der Waals surface area contributed by atoms with Gasteiger partial charge in [0, 0.05) is 25.2 Å². The first kappa shape index (κ1) is 21.8. The molecule has 0 saturated carbocycles. The smallest absolute Gasteiger partial charge is 0.321 e. The third-order valence-electron chi connectivity index (χ3n) is 5.30. The highest BCUT2D eigenvalue weighted by atomic mass is 16.5. The van der Waals surface area contributed by atoms with Crippen molar-refractivity contribution < 1.29 is 14.3 Å². The van der Waals surface area contributed by atoms with Crippen LogP contribution in [0.15, 0.2) is 23.0 Å². The molecule has 10 heteroatoms. The molecule has 1 saturated heterocycles. The largest absolute Gasteiger partial charge is 0.493 e. The van der Waals surface area contributed by atoms with Crippen molar-refractivity contribution >= 4 is 17.2 Å². The van der Waals surface area contributed by atoms with Gasteiger partial charge in [0.1, 0.15) is 11.6 Å². The highest BCUT2D eigenvalue weighted by Crippen LogP contribution is 2.30. The van der Waals surface area contributed by atoms with Gasteiger partial charge in [-0.3, -0.25) is 4.79 Å². The van der Waals surface area contributed by atoms with E-state index in [0.29, 0.717) is 73.4 Å². The van der Waals surface area contributed by atoms with Gasteiger partial charge in [0.25, 0.3) is 5.56 Å². The van der Waals surface area contributed by atoms with E-state index < -0.39 is 0 Å². The zero-order chi connectivity index (χ0) is 22.7. The van der Waals surface area contributed by atoms with E-state index in [2.05, 4.69) is 27.3 Å². The van der Waals surface area contributed by atoms with E-state index in [0.717, 1.165) is 12.2 Å². The van der Waals surface area contributed by atoms with Crippen molar-refractivity contribution in [3.05, 3.63) is 40.1 Å². The summed E-state index contributed by atoms with van der Waals surface area (Å²) in [4.78, 5) is 34.6. The molecule has 0 unspecified atom stereocenters. The normalized spacial score (nSPS) is 14.0. The minimum atomic E-state index is -0.271. The monoisotopic (exact) mass is 440 g/mol. The Morgan fingerprint density at radius 2 is 2.06 bits per heavy atom. The van der Waals surface area contributed by atoms with Crippen LogP contribution in [0.1, 0.15) is 31.8 Å². The summed E-state index contributed by atoms with van der Waals surface area (Å²) in [5.74, 6) is 1.65. The number of amides is 2. The molecule has 0 bridgehead atoms. The lowest BCUT2D eigenvalue weighted by atomic mass is 10.1.